The van der Waals surface area contributed by atoms with Crippen LogP contribution in [0.25, 0.3) is 0 Å². The zero-order chi connectivity index (χ0) is 9.90. The number of carbonyl (C=O) groups excluding carboxylic acids is 1. The molecule has 0 aliphatic carbocycles. The SMILES string of the molecule is CCOC1CCNC(=O)C1(S)CC. The van der Waals surface area contributed by atoms with Crippen molar-refractivity contribution in [2.75, 3.05) is 13.2 Å². The summed E-state index contributed by atoms with van der Waals surface area (Å²) in [6, 6.07) is 0. The number of thiol groups is 1. The van der Waals surface area contributed by atoms with Crippen LogP contribution in [0.4, 0.5) is 0 Å². The van der Waals surface area contributed by atoms with E-state index in [4.69, 9.17) is 4.74 Å². The predicted molar refractivity (Wildman–Crippen MR) is 55.0 cm³/mol. The molecule has 0 spiro atoms. The van der Waals surface area contributed by atoms with Gasteiger partial charge in [-0.15, -0.1) is 0 Å². The van der Waals surface area contributed by atoms with Crippen molar-refractivity contribution >= 4 is 18.5 Å². The van der Waals surface area contributed by atoms with Crippen LogP contribution in [0, 0.1) is 0 Å². The van der Waals surface area contributed by atoms with Gasteiger partial charge >= 0.3 is 0 Å². The summed E-state index contributed by atoms with van der Waals surface area (Å²) in [5.41, 5.74) is 0. The predicted octanol–water partition coefficient (Wildman–Crippen LogP) is 0.990. The van der Waals surface area contributed by atoms with Gasteiger partial charge in [-0.25, -0.2) is 0 Å². The molecule has 1 amide bonds. The van der Waals surface area contributed by atoms with E-state index in [1.807, 2.05) is 13.8 Å². The normalized spacial score (nSPS) is 34.4. The number of hydrogen-bond acceptors (Lipinski definition) is 3. The van der Waals surface area contributed by atoms with Crippen LogP contribution in [0.15, 0.2) is 0 Å². The summed E-state index contributed by atoms with van der Waals surface area (Å²) >= 11 is 4.44. The standard InChI is InChI=1S/C9H17NO2S/c1-3-9(13)7(12-4-2)5-6-10-8(9)11/h7,13H,3-6H2,1-2H3,(H,10,11). The minimum absolute atomic E-state index is 0.00281. The van der Waals surface area contributed by atoms with Crippen LogP contribution in [0.1, 0.15) is 26.7 Å². The van der Waals surface area contributed by atoms with Gasteiger partial charge in [0.2, 0.25) is 5.91 Å². The summed E-state index contributed by atoms with van der Waals surface area (Å²) in [6.07, 6.45) is 1.52. The third-order valence-electron chi connectivity index (χ3n) is 2.52. The van der Waals surface area contributed by atoms with Crippen molar-refractivity contribution in [2.45, 2.75) is 37.5 Å². The van der Waals surface area contributed by atoms with Crippen molar-refractivity contribution in [3.63, 3.8) is 0 Å². The average Bonchev–Trinajstić information content (AvgIpc) is 2.13. The van der Waals surface area contributed by atoms with E-state index >= 15 is 0 Å². The van der Waals surface area contributed by atoms with Crippen molar-refractivity contribution in [1.82, 2.24) is 5.32 Å². The third kappa shape index (κ3) is 1.99. The Bertz CT molecular complexity index is 196. The van der Waals surface area contributed by atoms with Gasteiger partial charge in [0.15, 0.2) is 0 Å². The number of amides is 1. The molecular weight excluding hydrogens is 186 g/mol. The zero-order valence-electron chi connectivity index (χ0n) is 8.17. The monoisotopic (exact) mass is 203 g/mol. The van der Waals surface area contributed by atoms with Crippen molar-refractivity contribution in [3.05, 3.63) is 0 Å². The first-order valence-corrected chi connectivity index (χ1v) is 5.22. The molecule has 0 aromatic rings. The van der Waals surface area contributed by atoms with Crippen molar-refractivity contribution in [1.29, 1.82) is 0 Å². The fraction of sp³-hybridized carbons (Fsp3) is 0.889. The van der Waals surface area contributed by atoms with Gasteiger partial charge in [-0.1, -0.05) is 6.92 Å². The van der Waals surface area contributed by atoms with E-state index < -0.39 is 4.75 Å². The zero-order valence-corrected chi connectivity index (χ0v) is 9.06. The van der Waals surface area contributed by atoms with Gasteiger partial charge in [-0.2, -0.15) is 12.6 Å². The van der Waals surface area contributed by atoms with Gasteiger partial charge in [0.1, 0.15) is 4.75 Å². The van der Waals surface area contributed by atoms with E-state index in [1.54, 1.807) is 0 Å². The summed E-state index contributed by atoms with van der Waals surface area (Å²) in [7, 11) is 0. The highest BCUT2D eigenvalue weighted by Gasteiger charge is 2.44. The van der Waals surface area contributed by atoms with Crippen LogP contribution in [0.5, 0.6) is 0 Å². The number of piperidine rings is 1. The lowest BCUT2D eigenvalue weighted by molar-refractivity contribution is -0.130. The average molecular weight is 203 g/mol. The second-order valence-electron chi connectivity index (χ2n) is 3.27. The Hall–Kier alpha value is -0.220. The highest BCUT2D eigenvalue weighted by molar-refractivity contribution is 7.82. The van der Waals surface area contributed by atoms with Crippen LogP contribution in [-0.2, 0) is 9.53 Å². The Balaban J connectivity index is 2.74. The molecule has 13 heavy (non-hydrogen) atoms. The summed E-state index contributed by atoms with van der Waals surface area (Å²) in [4.78, 5) is 11.6. The van der Waals surface area contributed by atoms with Gasteiger partial charge in [0, 0.05) is 13.2 Å². The minimum atomic E-state index is -0.631. The third-order valence-corrected chi connectivity index (χ3v) is 3.33. The molecule has 0 bridgehead atoms. The highest BCUT2D eigenvalue weighted by Crippen LogP contribution is 2.30. The molecule has 4 heteroatoms. The molecule has 1 aliphatic heterocycles. The first-order valence-electron chi connectivity index (χ1n) is 4.77. The molecule has 0 aromatic carbocycles. The molecule has 2 unspecified atom stereocenters. The molecule has 1 rings (SSSR count). The summed E-state index contributed by atoms with van der Waals surface area (Å²) in [5.74, 6) is 0.00281. The van der Waals surface area contributed by atoms with Crippen LogP contribution in [0.2, 0.25) is 0 Å². The Labute approximate surface area is 84.6 Å². The Kier molecular flexibility index (Phi) is 3.62. The maximum absolute atomic E-state index is 11.6. The van der Waals surface area contributed by atoms with E-state index in [0.717, 1.165) is 6.42 Å². The van der Waals surface area contributed by atoms with Gasteiger partial charge in [0.25, 0.3) is 0 Å². The topological polar surface area (TPSA) is 38.3 Å². The maximum Gasteiger partial charge on any atom is 0.238 e. The van der Waals surface area contributed by atoms with Crippen molar-refractivity contribution < 1.29 is 9.53 Å². The Morgan fingerprint density at radius 2 is 2.38 bits per heavy atom. The molecule has 3 nitrogen and oxygen atoms in total. The highest BCUT2D eigenvalue weighted by atomic mass is 32.1. The second-order valence-corrected chi connectivity index (χ2v) is 4.06. The molecule has 1 saturated heterocycles. The molecule has 2 atom stereocenters. The first kappa shape index (κ1) is 10.9. The van der Waals surface area contributed by atoms with Gasteiger partial charge in [0.05, 0.1) is 6.10 Å². The maximum atomic E-state index is 11.6. The molecule has 1 fully saturated rings. The van der Waals surface area contributed by atoms with Gasteiger partial charge in [-0.05, 0) is 19.8 Å². The molecular formula is C9H17NO2S. The summed E-state index contributed by atoms with van der Waals surface area (Å²) in [5, 5.41) is 2.82. The quantitative estimate of drug-likeness (QED) is 0.671. The number of rotatable bonds is 3. The number of carbonyl (C=O) groups is 1. The van der Waals surface area contributed by atoms with E-state index in [2.05, 4.69) is 17.9 Å². The van der Waals surface area contributed by atoms with Crippen molar-refractivity contribution in [3.8, 4) is 0 Å². The number of hydrogen-bond donors (Lipinski definition) is 2. The number of nitrogens with one attached hydrogen (secondary N) is 1. The molecule has 1 N–H and O–H groups in total. The van der Waals surface area contributed by atoms with E-state index in [0.29, 0.717) is 19.6 Å². The minimum Gasteiger partial charge on any atom is -0.376 e. The lowest BCUT2D eigenvalue weighted by atomic mass is 9.91. The largest absolute Gasteiger partial charge is 0.376 e. The lowest BCUT2D eigenvalue weighted by Crippen LogP contribution is -2.56. The lowest BCUT2D eigenvalue weighted by Gasteiger charge is -2.38. The fourth-order valence-electron chi connectivity index (χ4n) is 1.67. The smallest absolute Gasteiger partial charge is 0.238 e. The van der Waals surface area contributed by atoms with Crippen LogP contribution in [-0.4, -0.2) is 29.9 Å². The van der Waals surface area contributed by atoms with Gasteiger partial charge < -0.3 is 10.1 Å². The van der Waals surface area contributed by atoms with Gasteiger partial charge in [-0.3, -0.25) is 4.79 Å². The number of ether oxygens (including phenoxy) is 1. The first-order chi connectivity index (χ1) is 6.15. The molecule has 1 aliphatic rings. The molecule has 76 valence electrons. The Morgan fingerprint density at radius 3 is 2.92 bits per heavy atom. The van der Waals surface area contributed by atoms with Crippen LogP contribution < -0.4 is 5.32 Å². The van der Waals surface area contributed by atoms with Crippen LogP contribution in [0.3, 0.4) is 0 Å². The summed E-state index contributed by atoms with van der Waals surface area (Å²) in [6.45, 7) is 5.24. The molecule has 0 radical (unpaired) electrons. The molecule has 0 saturated carbocycles. The van der Waals surface area contributed by atoms with E-state index in [1.165, 1.54) is 0 Å². The summed E-state index contributed by atoms with van der Waals surface area (Å²) < 4.78 is 4.89. The van der Waals surface area contributed by atoms with E-state index in [9.17, 15) is 4.79 Å². The van der Waals surface area contributed by atoms with Crippen molar-refractivity contribution in [2.24, 2.45) is 0 Å². The van der Waals surface area contributed by atoms with E-state index in [-0.39, 0.29) is 12.0 Å². The fourth-order valence-corrected chi connectivity index (χ4v) is 1.95. The van der Waals surface area contributed by atoms with Crippen LogP contribution >= 0.6 is 12.6 Å². The second kappa shape index (κ2) is 4.33. The molecule has 0 aromatic heterocycles. The molecule has 1 heterocycles. The Morgan fingerprint density at radius 1 is 1.69 bits per heavy atom.